The van der Waals surface area contributed by atoms with Crippen LogP contribution in [0.1, 0.15) is 110 Å². The van der Waals surface area contributed by atoms with E-state index in [0.717, 1.165) is 11.8 Å². The molecule has 28 heavy (non-hydrogen) atoms. The molecular weight excluding hydrogens is 338 g/mol. The second-order valence-corrected chi connectivity index (χ2v) is 8.95. The van der Waals surface area contributed by atoms with E-state index in [2.05, 4.69) is 55.7 Å². The summed E-state index contributed by atoms with van der Waals surface area (Å²) in [6.07, 6.45) is 35.8. The Morgan fingerprint density at radius 3 is 1.79 bits per heavy atom. The molecule has 2 unspecified atom stereocenters. The molecule has 1 heteroatoms. The molecule has 1 rings (SSSR count). The monoisotopic (exact) mass is 387 g/mol. The van der Waals surface area contributed by atoms with E-state index < -0.39 is 0 Å². The molecule has 0 radical (unpaired) electrons. The number of hydrogen-bond acceptors (Lipinski definition) is 1. The van der Waals surface area contributed by atoms with E-state index in [1.807, 2.05) is 0 Å². The summed E-state index contributed by atoms with van der Waals surface area (Å²) in [6.45, 7) is 3.61. The van der Waals surface area contributed by atoms with E-state index in [1.165, 1.54) is 109 Å². The first-order chi connectivity index (χ1) is 13.8. The zero-order valence-electron chi connectivity index (χ0n) is 19.1. The zero-order valence-corrected chi connectivity index (χ0v) is 19.1. The number of hydrogen-bond donors (Lipinski definition) is 1. The Morgan fingerprint density at radius 2 is 1.11 bits per heavy atom. The van der Waals surface area contributed by atoms with E-state index in [1.54, 1.807) is 0 Å². The lowest BCUT2D eigenvalue weighted by Gasteiger charge is -2.15. The van der Waals surface area contributed by atoms with Crippen LogP contribution < -0.4 is 5.32 Å². The van der Waals surface area contributed by atoms with Gasteiger partial charge in [0.05, 0.1) is 0 Å². The fourth-order valence-electron chi connectivity index (χ4n) is 4.18. The van der Waals surface area contributed by atoms with Gasteiger partial charge in [-0.15, -0.1) is 0 Å². The lowest BCUT2D eigenvalue weighted by Crippen LogP contribution is -2.18. The highest BCUT2D eigenvalue weighted by atomic mass is 14.8. The first-order valence-electron chi connectivity index (χ1n) is 12.4. The van der Waals surface area contributed by atoms with Crippen molar-refractivity contribution in [2.45, 2.75) is 110 Å². The molecule has 0 saturated heterocycles. The van der Waals surface area contributed by atoms with E-state index in [0.29, 0.717) is 0 Å². The maximum absolute atomic E-state index is 3.40. The Labute approximate surface area is 177 Å². The van der Waals surface area contributed by atoms with Gasteiger partial charge in [0.15, 0.2) is 0 Å². The van der Waals surface area contributed by atoms with Crippen molar-refractivity contribution in [2.75, 3.05) is 13.6 Å². The molecule has 0 spiro atoms. The summed E-state index contributed by atoms with van der Waals surface area (Å²) in [5.74, 6) is 1.73. The third-order valence-corrected chi connectivity index (χ3v) is 6.10. The van der Waals surface area contributed by atoms with Crippen molar-refractivity contribution < 1.29 is 0 Å². The molecule has 0 aromatic rings. The number of allylic oxidation sites excluding steroid dienone is 6. The molecular formula is C27H49N. The van der Waals surface area contributed by atoms with Gasteiger partial charge in [-0.1, -0.05) is 69.1 Å². The van der Waals surface area contributed by atoms with E-state index >= 15 is 0 Å². The van der Waals surface area contributed by atoms with Crippen molar-refractivity contribution in [3.8, 4) is 0 Å². The van der Waals surface area contributed by atoms with Crippen molar-refractivity contribution in [1.82, 2.24) is 5.32 Å². The van der Waals surface area contributed by atoms with Crippen molar-refractivity contribution in [3.05, 3.63) is 36.5 Å². The van der Waals surface area contributed by atoms with Crippen LogP contribution in [0, 0.1) is 11.8 Å². The molecule has 0 aromatic heterocycles. The van der Waals surface area contributed by atoms with Crippen LogP contribution in [0.4, 0.5) is 0 Å². The molecule has 1 nitrogen and oxygen atoms in total. The highest BCUT2D eigenvalue weighted by Gasteiger charge is 2.06. The van der Waals surface area contributed by atoms with E-state index in [4.69, 9.17) is 0 Å². The van der Waals surface area contributed by atoms with E-state index in [9.17, 15) is 0 Å². The van der Waals surface area contributed by atoms with E-state index in [-0.39, 0.29) is 0 Å². The van der Waals surface area contributed by atoms with Crippen LogP contribution in [0.15, 0.2) is 36.5 Å². The van der Waals surface area contributed by atoms with Crippen molar-refractivity contribution >= 4 is 0 Å². The maximum Gasteiger partial charge on any atom is -0.00234 e. The predicted molar refractivity (Wildman–Crippen MR) is 128 cm³/mol. The first kappa shape index (κ1) is 25.2. The van der Waals surface area contributed by atoms with Gasteiger partial charge in [0.1, 0.15) is 0 Å². The Bertz CT molecular complexity index is 406. The van der Waals surface area contributed by atoms with Crippen molar-refractivity contribution in [2.24, 2.45) is 11.8 Å². The highest BCUT2D eigenvalue weighted by Crippen LogP contribution is 2.18. The molecule has 162 valence electrons. The summed E-state index contributed by atoms with van der Waals surface area (Å²) >= 11 is 0. The second kappa shape index (κ2) is 19.5. The summed E-state index contributed by atoms with van der Waals surface area (Å²) in [6, 6.07) is 0. The molecule has 1 aliphatic rings. The summed E-state index contributed by atoms with van der Waals surface area (Å²) in [5.41, 5.74) is 0. The fraction of sp³-hybridized carbons (Fsp3) is 0.778. The molecule has 2 atom stereocenters. The van der Waals surface area contributed by atoms with Crippen LogP contribution in [-0.4, -0.2) is 13.6 Å². The van der Waals surface area contributed by atoms with Crippen LogP contribution in [0.25, 0.3) is 0 Å². The minimum Gasteiger partial charge on any atom is -0.319 e. The highest BCUT2D eigenvalue weighted by molar-refractivity contribution is 4.86. The van der Waals surface area contributed by atoms with Crippen LogP contribution in [0.5, 0.6) is 0 Å². The fourth-order valence-corrected chi connectivity index (χ4v) is 4.18. The summed E-state index contributed by atoms with van der Waals surface area (Å²) < 4.78 is 0. The molecule has 0 bridgehead atoms. The Hall–Kier alpha value is -0.820. The maximum atomic E-state index is 3.40. The van der Waals surface area contributed by atoms with Gasteiger partial charge >= 0.3 is 0 Å². The minimum atomic E-state index is 0.848. The topological polar surface area (TPSA) is 12.0 Å². The molecule has 0 heterocycles. The Balaban J connectivity index is 2.35. The van der Waals surface area contributed by atoms with Gasteiger partial charge in [0.25, 0.3) is 0 Å². The molecule has 0 aromatic carbocycles. The minimum absolute atomic E-state index is 0.848. The Kier molecular flexibility index (Phi) is 17.6. The van der Waals surface area contributed by atoms with Gasteiger partial charge in [-0.3, -0.25) is 0 Å². The molecule has 1 N–H and O–H groups in total. The Morgan fingerprint density at radius 1 is 0.571 bits per heavy atom. The lowest BCUT2D eigenvalue weighted by molar-refractivity contribution is 0.415. The van der Waals surface area contributed by atoms with Crippen LogP contribution in [-0.2, 0) is 0 Å². The summed E-state index contributed by atoms with van der Waals surface area (Å²) in [5, 5.41) is 3.40. The number of rotatable bonds is 2. The molecule has 0 aliphatic heterocycles. The number of nitrogens with one attached hydrogen (secondary N) is 1. The molecule has 0 amide bonds. The molecule has 1 aliphatic carbocycles. The second-order valence-electron chi connectivity index (χ2n) is 8.95. The van der Waals surface area contributed by atoms with Crippen LogP contribution in [0.2, 0.25) is 0 Å². The lowest BCUT2D eigenvalue weighted by atomic mass is 9.95. The van der Waals surface area contributed by atoms with Gasteiger partial charge in [0.2, 0.25) is 0 Å². The van der Waals surface area contributed by atoms with Gasteiger partial charge in [-0.05, 0) is 102 Å². The first-order valence-corrected chi connectivity index (χ1v) is 12.4. The quantitative estimate of drug-likeness (QED) is 0.469. The third kappa shape index (κ3) is 16.2. The van der Waals surface area contributed by atoms with Gasteiger partial charge < -0.3 is 5.32 Å². The van der Waals surface area contributed by atoms with Crippen LogP contribution in [0.3, 0.4) is 0 Å². The molecule has 0 saturated carbocycles. The molecule has 0 fully saturated rings. The van der Waals surface area contributed by atoms with Crippen molar-refractivity contribution in [1.29, 1.82) is 0 Å². The smallest absolute Gasteiger partial charge is 0.00234 e. The normalized spacial score (nSPS) is 29.4. The van der Waals surface area contributed by atoms with Gasteiger partial charge in [0, 0.05) is 0 Å². The SMILES string of the molecule is CNCC1CC/C=C\CCC/C=C\CCC(C)CCCC/C=C\CCCCC1. The van der Waals surface area contributed by atoms with Gasteiger partial charge in [-0.2, -0.15) is 0 Å². The standard InChI is InChI=1S/C27H49N/c1-26-21-17-13-9-5-3-7-11-15-19-23-27(25-28-2)24-20-16-12-8-4-6-10-14-18-22-26/h3,5,10,12,14,16,26-28H,4,6-9,11,13,15,17-25H2,1-2H3/b5-3-,14-10-,16-12-. The largest absolute Gasteiger partial charge is 0.319 e. The average Bonchev–Trinajstić information content (AvgIpc) is 2.69. The average molecular weight is 388 g/mol. The third-order valence-electron chi connectivity index (χ3n) is 6.10. The van der Waals surface area contributed by atoms with Gasteiger partial charge in [-0.25, -0.2) is 0 Å². The summed E-state index contributed by atoms with van der Waals surface area (Å²) in [7, 11) is 2.10. The van der Waals surface area contributed by atoms with Crippen LogP contribution >= 0.6 is 0 Å². The predicted octanol–water partition coefficient (Wildman–Crippen LogP) is 8.38. The summed E-state index contributed by atoms with van der Waals surface area (Å²) in [4.78, 5) is 0. The zero-order chi connectivity index (χ0) is 20.1. The van der Waals surface area contributed by atoms with Crippen molar-refractivity contribution in [3.63, 3.8) is 0 Å².